The number of nitrogens with one attached hydrogen (secondary N) is 1. The molecule has 0 aliphatic rings. The normalized spacial score (nSPS) is 11.5. The molecule has 7 aromatic carbocycles. The fourth-order valence-corrected chi connectivity index (χ4v) is 7.99. The van der Waals surface area contributed by atoms with Crippen LogP contribution in [0, 0.1) is 13.8 Å². The molecule has 26 heteroatoms. The Kier molecular flexibility index (Phi) is 22.1. The minimum atomic E-state index is -4.92. The molecule has 0 amide bonds. The van der Waals surface area contributed by atoms with Gasteiger partial charge in [0.05, 0.1) is 63.7 Å². The number of ether oxygens (including phenoxy) is 2. The molecule has 3 N–H and O–H groups in total. The Labute approximate surface area is 462 Å². The number of nitrogens with zero attached hydrogens (tertiary/aromatic N) is 6. The Balaban J connectivity index is 0.00000336. The number of phenolic OH excluding ortho intramolecular Hbond substituents is 2. The van der Waals surface area contributed by atoms with Crippen molar-refractivity contribution in [1.29, 1.82) is 0 Å². The molecule has 20 nitrogen and oxygen atoms in total. The number of aryl methyl sites for hydroxylation is 2. The number of hydrogen-bond acceptors (Lipinski definition) is 22. The van der Waals surface area contributed by atoms with Gasteiger partial charge in [-0.2, -0.15) is 29.1 Å². The summed E-state index contributed by atoms with van der Waals surface area (Å²) in [7, 11) is -3.48. The summed E-state index contributed by atoms with van der Waals surface area (Å²) < 4.78 is 56.2. The van der Waals surface area contributed by atoms with Crippen molar-refractivity contribution in [1.82, 2.24) is 0 Å². The number of phenols is 2. The predicted octanol–water partition coefficient (Wildman–Crippen LogP) is 1.10. The third-order valence-electron chi connectivity index (χ3n) is 9.35. The Morgan fingerprint density at radius 3 is 2.03 bits per heavy atom. The SMILES string of the molecule is COc1cc(N=Nc2ccc(N=Nc3ccc4cc(SOO[O-])cc(S(=O)(=O)[O-])c4c3)c(C)c2)c(C)cc1N=Nc1c(SOO[O-])cc2cc(NCOc3ccccc3O)ccc2c1O.[Na+].[Na+].[Na+]. The molecular formula is C42H32N7Na3O13S3. The number of rotatable bonds is 18. The third kappa shape index (κ3) is 14.4. The molecule has 0 aliphatic heterocycles. The minimum Gasteiger partial charge on any atom is -0.744 e. The number of fused-ring (bicyclic) bond motifs is 2. The van der Waals surface area contributed by atoms with Gasteiger partial charge in [-0.15, -0.1) is 10.2 Å². The van der Waals surface area contributed by atoms with Gasteiger partial charge in [0.2, 0.25) is 0 Å². The third-order valence-corrected chi connectivity index (χ3v) is 11.4. The van der Waals surface area contributed by atoms with Gasteiger partial charge >= 0.3 is 88.7 Å². The summed E-state index contributed by atoms with van der Waals surface area (Å²) in [4.78, 5) is -0.165. The largest absolute Gasteiger partial charge is 1.00 e. The molecule has 0 aromatic heterocycles. The zero-order chi connectivity index (χ0) is 46.1. The van der Waals surface area contributed by atoms with Gasteiger partial charge in [-0.05, 0) is 121 Å². The van der Waals surface area contributed by atoms with Crippen molar-refractivity contribution in [3.05, 3.63) is 120 Å². The van der Waals surface area contributed by atoms with Crippen LogP contribution in [0.4, 0.5) is 39.8 Å². The summed E-state index contributed by atoms with van der Waals surface area (Å²) in [5, 5.41) is 79.7. The predicted molar refractivity (Wildman–Crippen MR) is 232 cm³/mol. The second-order valence-electron chi connectivity index (χ2n) is 13.5. The fraction of sp³-hybridized carbons (Fsp3) is 0.0952. The van der Waals surface area contributed by atoms with Crippen LogP contribution in [-0.2, 0) is 28.9 Å². The molecular weight excluding hydrogens is 976 g/mol. The summed E-state index contributed by atoms with van der Waals surface area (Å²) in [5.74, 6) is 0.333. The van der Waals surface area contributed by atoms with Gasteiger partial charge in [-0.3, -0.25) is 10.1 Å². The van der Waals surface area contributed by atoms with E-state index in [4.69, 9.17) is 9.47 Å². The van der Waals surface area contributed by atoms with E-state index in [9.17, 15) is 33.7 Å². The van der Waals surface area contributed by atoms with Gasteiger partial charge in [0.1, 0.15) is 27.2 Å². The molecule has 0 aliphatic carbocycles. The van der Waals surface area contributed by atoms with E-state index < -0.39 is 15.0 Å². The summed E-state index contributed by atoms with van der Waals surface area (Å²) in [6, 6.07) is 28.8. The maximum absolute atomic E-state index is 12.0. The number of aromatic hydroxyl groups is 2. The van der Waals surface area contributed by atoms with Crippen LogP contribution in [0.2, 0.25) is 0 Å². The number of hydrogen-bond donors (Lipinski definition) is 3. The Hall–Kier alpha value is -3.77. The van der Waals surface area contributed by atoms with Crippen LogP contribution in [0.15, 0.2) is 155 Å². The number of para-hydroxylation sites is 2. The molecule has 0 bridgehead atoms. The fourth-order valence-electron chi connectivity index (χ4n) is 6.26. The number of anilines is 1. The molecule has 0 heterocycles. The molecule has 0 unspecified atom stereocenters. The molecule has 7 aromatic rings. The van der Waals surface area contributed by atoms with Crippen LogP contribution in [0.3, 0.4) is 0 Å². The Bertz CT molecular complexity index is 3120. The zero-order valence-corrected chi connectivity index (χ0v) is 45.3. The van der Waals surface area contributed by atoms with Gasteiger partial charge in [-0.1, -0.05) is 18.2 Å². The molecule has 0 saturated heterocycles. The van der Waals surface area contributed by atoms with Gasteiger partial charge < -0.3 is 40.1 Å². The van der Waals surface area contributed by atoms with Crippen LogP contribution < -0.4 is 114 Å². The van der Waals surface area contributed by atoms with E-state index in [1.54, 1.807) is 98.8 Å². The van der Waals surface area contributed by atoms with Gasteiger partial charge in [-0.25, -0.2) is 8.42 Å². The zero-order valence-electron chi connectivity index (χ0n) is 36.9. The van der Waals surface area contributed by atoms with E-state index >= 15 is 0 Å². The van der Waals surface area contributed by atoms with E-state index in [1.165, 1.54) is 25.3 Å². The van der Waals surface area contributed by atoms with Crippen molar-refractivity contribution in [2.45, 2.75) is 28.5 Å². The number of benzene rings is 7. The maximum Gasteiger partial charge on any atom is 1.00 e. The molecule has 68 heavy (non-hydrogen) atoms. The minimum absolute atomic E-state index is 0. The van der Waals surface area contributed by atoms with E-state index in [-0.39, 0.29) is 145 Å². The topological polar surface area (TPSA) is 285 Å². The quantitative estimate of drug-likeness (QED) is 0.0206. The van der Waals surface area contributed by atoms with Crippen molar-refractivity contribution in [2.24, 2.45) is 30.7 Å². The molecule has 0 spiro atoms. The first kappa shape index (κ1) is 56.8. The van der Waals surface area contributed by atoms with Crippen LogP contribution in [0.1, 0.15) is 11.1 Å². The smallest absolute Gasteiger partial charge is 0.744 e. The van der Waals surface area contributed by atoms with Gasteiger partial charge in [0.25, 0.3) is 0 Å². The van der Waals surface area contributed by atoms with E-state index in [1.807, 2.05) is 0 Å². The van der Waals surface area contributed by atoms with Crippen molar-refractivity contribution in [3.63, 3.8) is 0 Å². The first-order valence-corrected chi connectivity index (χ1v) is 21.5. The number of azo groups is 3. The second-order valence-corrected chi connectivity index (χ2v) is 16.4. The standard InChI is InChI=1S/C42H35N7O13S3.3Na/c1-23-14-28(11-13-33(23)46-45-29-9-8-25-17-30(63-61-59-52)20-40(32(25)19-29)65(54,55)56)44-47-34-21-38(57-3)35(15-24(34)2)48-49-41-39(64-62-60-53)18-26-16-27(10-12-31(26)42(41)51)43-22-58-37-7-5-4-6-36(37)50;;;/h4-21,43,50-53H,22H2,1-3H3,(H,54,55,56);;;/q;3*+1/p-3. The van der Waals surface area contributed by atoms with Crippen LogP contribution in [-0.4, -0.2) is 37.0 Å². The summed E-state index contributed by atoms with van der Waals surface area (Å²) in [6.07, 6.45) is 0. The van der Waals surface area contributed by atoms with Crippen LogP contribution >= 0.6 is 24.1 Å². The van der Waals surface area contributed by atoms with E-state index in [2.05, 4.69) is 54.7 Å². The van der Waals surface area contributed by atoms with Crippen molar-refractivity contribution < 1.29 is 151 Å². The van der Waals surface area contributed by atoms with Crippen molar-refractivity contribution in [2.75, 3.05) is 19.2 Å². The van der Waals surface area contributed by atoms with Crippen LogP contribution in [0.5, 0.6) is 23.0 Å². The van der Waals surface area contributed by atoms with E-state index in [0.717, 1.165) is 6.07 Å². The van der Waals surface area contributed by atoms with Gasteiger partial charge in [0.15, 0.2) is 24.0 Å². The van der Waals surface area contributed by atoms with Crippen LogP contribution in [0.25, 0.3) is 21.5 Å². The molecule has 0 atom stereocenters. The maximum atomic E-state index is 12.0. The monoisotopic (exact) mass is 1010 g/mol. The summed E-state index contributed by atoms with van der Waals surface area (Å²) >= 11 is 0.983. The molecule has 0 radical (unpaired) electrons. The molecule has 0 saturated carbocycles. The molecule has 0 fully saturated rings. The van der Waals surface area contributed by atoms with Crippen molar-refractivity contribution >= 4 is 95.6 Å². The average molecular weight is 1010 g/mol. The summed E-state index contributed by atoms with van der Waals surface area (Å²) in [5.41, 5.74) is 3.94. The van der Waals surface area contributed by atoms with Crippen molar-refractivity contribution in [3.8, 4) is 23.0 Å². The van der Waals surface area contributed by atoms with E-state index in [0.29, 0.717) is 79.9 Å². The summed E-state index contributed by atoms with van der Waals surface area (Å²) in [6.45, 7) is 3.61. The molecule has 7 rings (SSSR count). The average Bonchev–Trinajstić information content (AvgIpc) is 3.29. The Morgan fingerprint density at radius 2 is 1.32 bits per heavy atom. The second kappa shape index (κ2) is 26.4. The first-order valence-electron chi connectivity index (χ1n) is 18.6. The first-order chi connectivity index (χ1) is 31.3. The van der Waals surface area contributed by atoms with Gasteiger partial charge in [0, 0.05) is 27.4 Å². The Morgan fingerprint density at radius 1 is 0.647 bits per heavy atom. The number of methoxy groups -OCH3 is 1. The molecule has 334 valence electrons.